The van der Waals surface area contributed by atoms with E-state index in [0.29, 0.717) is 53.5 Å². The zero-order chi connectivity index (χ0) is 26.7. The van der Waals surface area contributed by atoms with Crippen molar-refractivity contribution in [3.05, 3.63) is 35.1 Å². The van der Waals surface area contributed by atoms with Crippen molar-refractivity contribution in [1.82, 2.24) is 25.2 Å². The summed E-state index contributed by atoms with van der Waals surface area (Å²) in [7, 11) is 0. The summed E-state index contributed by atoms with van der Waals surface area (Å²) < 4.78 is 37.9. The summed E-state index contributed by atoms with van der Waals surface area (Å²) in [6.07, 6.45) is 1.43. The van der Waals surface area contributed by atoms with Gasteiger partial charge >= 0.3 is 6.01 Å². The van der Waals surface area contributed by atoms with Crippen molar-refractivity contribution in [2.75, 3.05) is 56.5 Å². The Morgan fingerprint density at radius 2 is 2.03 bits per heavy atom. The first kappa shape index (κ1) is 25.1. The molecular formula is C27H28ClF2N7OS. The molecule has 3 saturated heterocycles. The molecule has 3 aliphatic rings. The number of alkyl halides is 1. The van der Waals surface area contributed by atoms with Gasteiger partial charge in [-0.2, -0.15) is 9.97 Å². The molecule has 2 aromatic carbocycles. The molecule has 2 aromatic heterocycles. The lowest BCUT2D eigenvalue weighted by Crippen LogP contribution is -2.44. The number of para-hydroxylation sites is 1. The van der Waals surface area contributed by atoms with Crippen LogP contribution in [-0.2, 0) is 0 Å². The van der Waals surface area contributed by atoms with Crippen molar-refractivity contribution >= 4 is 55.0 Å². The van der Waals surface area contributed by atoms with Gasteiger partial charge in [-0.3, -0.25) is 4.90 Å². The van der Waals surface area contributed by atoms with Crippen LogP contribution in [0.5, 0.6) is 6.01 Å². The van der Waals surface area contributed by atoms with E-state index in [1.807, 2.05) is 12.1 Å². The zero-order valence-corrected chi connectivity index (χ0v) is 22.8. The highest BCUT2D eigenvalue weighted by atomic mass is 35.5. The maximum atomic E-state index is 16.5. The molecule has 0 spiro atoms. The summed E-state index contributed by atoms with van der Waals surface area (Å²) in [5, 5.41) is 4.50. The van der Waals surface area contributed by atoms with E-state index in [-0.39, 0.29) is 34.3 Å². The van der Waals surface area contributed by atoms with Crippen LogP contribution in [0.1, 0.15) is 19.3 Å². The van der Waals surface area contributed by atoms with Crippen LogP contribution in [0.3, 0.4) is 0 Å². The third-order valence-corrected chi connectivity index (χ3v) is 9.34. The lowest BCUT2D eigenvalue weighted by Gasteiger charge is -2.32. The summed E-state index contributed by atoms with van der Waals surface area (Å²) in [5.41, 5.74) is 7.09. The number of rotatable bonds is 5. The number of hydrogen-bond acceptors (Lipinski definition) is 9. The molecule has 8 nitrogen and oxygen atoms in total. The minimum atomic E-state index is -0.868. The number of aromatic nitrogens is 3. The number of nitrogens with one attached hydrogen (secondary N) is 1. The van der Waals surface area contributed by atoms with Crippen LogP contribution in [0, 0.1) is 5.82 Å². The second-order valence-corrected chi connectivity index (χ2v) is 12.0. The maximum Gasteiger partial charge on any atom is 0.319 e. The van der Waals surface area contributed by atoms with Crippen LogP contribution in [-0.4, -0.2) is 77.4 Å². The van der Waals surface area contributed by atoms with Crippen LogP contribution in [0.15, 0.2) is 24.3 Å². The molecular weight excluding hydrogens is 544 g/mol. The summed E-state index contributed by atoms with van der Waals surface area (Å²) in [4.78, 5) is 18.0. The number of benzene rings is 2. The lowest BCUT2D eigenvalue weighted by atomic mass is 9.95. The molecule has 0 radical (unpaired) electrons. The molecule has 3 N–H and O–H groups in total. The predicted octanol–water partition coefficient (Wildman–Crippen LogP) is 4.65. The SMILES string of the molecule is Nc1nc2c(-c3c(Cl)cc4c(N5CCNCC5)nc(OC[C@@]56CCCN5C[C@H](F)C6)nc4c3F)cccc2s1. The fourth-order valence-electron chi connectivity index (χ4n) is 6.40. The summed E-state index contributed by atoms with van der Waals surface area (Å²) in [5.74, 6) is 0.0149. The number of nitrogens with zero attached hydrogens (tertiary/aromatic N) is 5. The van der Waals surface area contributed by atoms with Gasteiger partial charge in [0, 0.05) is 55.7 Å². The van der Waals surface area contributed by atoms with Crippen molar-refractivity contribution in [2.45, 2.75) is 31.0 Å². The third kappa shape index (κ3) is 4.26. The number of anilines is 2. The standard InChI is InChI=1S/C27H28ClF2N7OS/c28-18-11-17-23(21(30)20(18)16-3-1-4-19-22(16)33-25(31)39-19)34-26(35-24(17)36-9-6-32-7-10-36)38-14-27-5-2-8-37(27)13-15(29)12-27/h1,3-4,11,15,32H,2,5-10,12-14H2,(H2,31,33)/t15-,27+/m1/s1. The van der Waals surface area contributed by atoms with Gasteiger partial charge in [0.1, 0.15) is 24.1 Å². The van der Waals surface area contributed by atoms with Gasteiger partial charge in [-0.1, -0.05) is 35.1 Å². The van der Waals surface area contributed by atoms with Crippen molar-refractivity contribution in [3.63, 3.8) is 0 Å². The Bertz CT molecular complexity index is 1580. The van der Waals surface area contributed by atoms with Crippen molar-refractivity contribution in [1.29, 1.82) is 0 Å². The van der Waals surface area contributed by atoms with Gasteiger partial charge in [0.05, 0.1) is 20.8 Å². The monoisotopic (exact) mass is 571 g/mol. The van der Waals surface area contributed by atoms with Gasteiger partial charge in [0.25, 0.3) is 0 Å². The summed E-state index contributed by atoms with van der Waals surface area (Å²) in [6, 6.07) is 7.33. The molecule has 3 fully saturated rings. The lowest BCUT2D eigenvalue weighted by molar-refractivity contribution is 0.107. The number of fused-ring (bicyclic) bond motifs is 3. The number of ether oxygens (including phenoxy) is 1. The van der Waals surface area contributed by atoms with E-state index >= 15 is 4.39 Å². The highest BCUT2D eigenvalue weighted by molar-refractivity contribution is 7.22. The van der Waals surface area contributed by atoms with E-state index in [1.54, 1.807) is 12.1 Å². The molecule has 39 heavy (non-hydrogen) atoms. The number of nitrogens with two attached hydrogens (primary N) is 1. The molecule has 4 aromatic rings. The van der Waals surface area contributed by atoms with Crippen molar-refractivity contribution in [3.8, 4) is 17.1 Å². The van der Waals surface area contributed by atoms with E-state index in [0.717, 1.165) is 37.2 Å². The topological polar surface area (TPSA) is 92.4 Å². The molecule has 7 rings (SSSR count). The van der Waals surface area contributed by atoms with E-state index in [1.165, 1.54) is 11.3 Å². The highest BCUT2D eigenvalue weighted by Gasteiger charge is 2.49. The van der Waals surface area contributed by atoms with Gasteiger partial charge in [-0.15, -0.1) is 0 Å². The molecule has 0 unspecified atom stereocenters. The minimum absolute atomic E-state index is 0.0860. The average molecular weight is 572 g/mol. The number of thiazole rings is 1. The first-order valence-corrected chi connectivity index (χ1v) is 14.4. The summed E-state index contributed by atoms with van der Waals surface area (Å²) in [6.45, 7) is 4.50. The first-order chi connectivity index (χ1) is 18.9. The molecule has 0 aliphatic carbocycles. The Morgan fingerprint density at radius 3 is 2.87 bits per heavy atom. The number of nitrogen functional groups attached to an aromatic ring is 1. The second-order valence-electron chi connectivity index (χ2n) is 10.6. The van der Waals surface area contributed by atoms with Crippen molar-refractivity contribution in [2.24, 2.45) is 0 Å². The van der Waals surface area contributed by atoms with Crippen molar-refractivity contribution < 1.29 is 13.5 Å². The quantitative estimate of drug-likeness (QED) is 0.358. The largest absolute Gasteiger partial charge is 0.461 e. The molecule has 0 bridgehead atoms. The van der Waals surface area contributed by atoms with E-state index in [2.05, 4.69) is 25.1 Å². The molecule has 3 aliphatic heterocycles. The zero-order valence-electron chi connectivity index (χ0n) is 21.2. The molecule has 0 amide bonds. The van der Waals surface area contributed by atoms with E-state index in [9.17, 15) is 4.39 Å². The van der Waals surface area contributed by atoms with Gasteiger partial charge in [-0.05, 0) is 31.5 Å². The molecule has 5 heterocycles. The van der Waals surface area contributed by atoms with E-state index in [4.69, 9.17) is 27.1 Å². The Morgan fingerprint density at radius 1 is 1.18 bits per heavy atom. The molecule has 2 atom stereocenters. The van der Waals surface area contributed by atoms with Crippen LogP contribution < -0.4 is 20.7 Å². The van der Waals surface area contributed by atoms with Crippen LogP contribution >= 0.6 is 22.9 Å². The maximum absolute atomic E-state index is 16.5. The minimum Gasteiger partial charge on any atom is -0.461 e. The van der Waals surface area contributed by atoms with Crippen LogP contribution in [0.2, 0.25) is 5.02 Å². The molecule has 12 heteroatoms. The number of piperazine rings is 1. The predicted molar refractivity (Wildman–Crippen MR) is 151 cm³/mol. The Labute approximate surface area is 233 Å². The first-order valence-electron chi connectivity index (χ1n) is 13.2. The fourth-order valence-corrected chi connectivity index (χ4v) is 7.46. The Kier molecular flexibility index (Phi) is 6.22. The fraction of sp³-hybridized carbons (Fsp3) is 0.444. The summed E-state index contributed by atoms with van der Waals surface area (Å²) >= 11 is 8.11. The van der Waals surface area contributed by atoms with Gasteiger partial charge in [-0.25, -0.2) is 13.8 Å². The van der Waals surface area contributed by atoms with Crippen LogP contribution in [0.25, 0.3) is 32.2 Å². The highest BCUT2D eigenvalue weighted by Crippen LogP contribution is 2.43. The van der Waals surface area contributed by atoms with Crippen LogP contribution in [0.4, 0.5) is 19.7 Å². The second kappa shape index (κ2) is 9.65. The smallest absolute Gasteiger partial charge is 0.319 e. The Balaban J connectivity index is 1.36. The number of halogens is 3. The van der Waals surface area contributed by atoms with Gasteiger partial charge < -0.3 is 20.7 Å². The third-order valence-electron chi connectivity index (χ3n) is 8.19. The van der Waals surface area contributed by atoms with E-state index < -0.39 is 12.0 Å². The normalized spacial score (nSPS) is 23.7. The molecule has 204 valence electrons. The Hall–Kier alpha value is -2.86. The average Bonchev–Trinajstić information content (AvgIpc) is 3.59. The van der Waals surface area contributed by atoms with Gasteiger partial charge in [0.2, 0.25) is 0 Å². The molecule has 0 saturated carbocycles. The van der Waals surface area contributed by atoms with Gasteiger partial charge in [0.15, 0.2) is 10.9 Å². The number of hydrogen-bond donors (Lipinski definition) is 2.